The smallest absolute Gasteiger partial charge is 0.326 e. The molecule has 0 saturated carbocycles. The number of aliphatic carboxylic acids is 1. The number of amides is 1. The van der Waals surface area contributed by atoms with E-state index in [0.717, 1.165) is 18.2 Å². The number of aromatic amines is 1. The molecule has 0 aliphatic rings. The Kier molecular flexibility index (Phi) is 7.60. The predicted molar refractivity (Wildman–Crippen MR) is 108 cm³/mol. The molecule has 0 saturated heterocycles. The Labute approximate surface area is 176 Å². The molecule has 0 aliphatic carbocycles. The lowest BCUT2D eigenvalue weighted by Gasteiger charge is -2.22. The lowest BCUT2D eigenvalue weighted by molar-refractivity contribution is -0.393. The maximum atomic E-state index is 12.9. The molecular weight excluding hydrogens is 412 g/mol. The van der Waals surface area contributed by atoms with E-state index in [4.69, 9.17) is 0 Å². The molecular formula is C18H22N6O7. The Hall–Kier alpha value is -4.03. The number of rotatable bonds is 11. The van der Waals surface area contributed by atoms with E-state index < -0.39 is 45.2 Å². The normalized spacial score (nSPS) is 12.7. The Morgan fingerprint density at radius 2 is 1.90 bits per heavy atom. The van der Waals surface area contributed by atoms with E-state index in [9.17, 15) is 34.9 Å². The van der Waals surface area contributed by atoms with Crippen LogP contribution in [-0.2, 0) is 16.0 Å². The summed E-state index contributed by atoms with van der Waals surface area (Å²) in [7, 11) is 0. The van der Waals surface area contributed by atoms with Crippen molar-refractivity contribution in [3.63, 3.8) is 0 Å². The van der Waals surface area contributed by atoms with Gasteiger partial charge in [-0.3, -0.25) is 25.0 Å². The maximum Gasteiger partial charge on any atom is 0.326 e. The highest BCUT2D eigenvalue weighted by molar-refractivity contribution is 5.89. The van der Waals surface area contributed by atoms with Crippen LogP contribution < -0.4 is 10.6 Å². The van der Waals surface area contributed by atoms with Crippen LogP contribution in [0.25, 0.3) is 0 Å². The molecule has 31 heavy (non-hydrogen) atoms. The van der Waals surface area contributed by atoms with Gasteiger partial charge in [0.25, 0.3) is 11.4 Å². The number of nitro groups is 2. The van der Waals surface area contributed by atoms with Gasteiger partial charge in [-0.05, 0) is 18.4 Å². The maximum absolute atomic E-state index is 12.9. The summed E-state index contributed by atoms with van der Waals surface area (Å²) >= 11 is 0. The molecule has 1 amide bonds. The SMILES string of the molecule is CC(C)CC(NC(=O)C(Cc1c[nH]cn1)Nc1ccc([N+](=O)[O-])cc1[N+](=O)[O-])C(=O)O. The molecule has 0 radical (unpaired) electrons. The number of anilines is 1. The van der Waals surface area contributed by atoms with Gasteiger partial charge < -0.3 is 20.7 Å². The van der Waals surface area contributed by atoms with E-state index in [1.54, 1.807) is 0 Å². The zero-order valence-electron chi connectivity index (χ0n) is 16.8. The number of carboxylic acid groups (broad SMARTS) is 1. The van der Waals surface area contributed by atoms with Crippen molar-refractivity contribution < 1.29 is 24.5 Å². The number of hydrogen-bond acceptors (Lipinski definition) is 8. The summed E-state index contributed by atoms with van der Waals surface area (Å²) in [5.74, 6) is -1.92. The molecule has 13 heteroatoms. The molecule has 2 aromatic rings. The summed E-state index contributed by atoms with van der Waals surface area (Å²) < 4.78 is 0. The quantitative estimate of drug-likeness (QED) is 0.301. The number of non-ortho nitro benzene ring substituents is 1. The molecule has 0 spiro atoms. The summed E-state index contributed by atoms with van der Waals surface area (Å²) in [6.07, 6.45) is 3.08. The summed E-state index contributed by atoms with van der Waals surface area (Å²) in [6.45, 7) is 3.61. The van der Waals surface area contributed by atoms with Gasteiger partial charge in [-0.1, -0.05) is 13.8 Å². The summed E-state index contributed by atoms with van der Waals surface area (Å²) in [5.41, 5.74) is -0.741. The van der Waals surface area contributed by atoms with Gasteiger partial charge >= 0.3 is 5.97 Å². The van der Waals surface area contributed by atoms with Crippen molar-refractivity contribution in [2.75, 3.05) is 5.32 Å². The standard InChI is InChI=1S/C18H22N6O7/c1-10(2)5-15(18(26)27)22-17(25)14(6-11-8-19-9-20-11)21-13-4-3-12(23(28)29)7-16(13)24(30)31/h3-4,7-10,14-15,21H,5-6H2,1-2H3,(H,19,20)(H,22,25)(H,26,27). The van der Waals surface area contributed by atoms with Crippen LogP contribution in [0.2, 0.25) is 0 Å². The van der Waals surface area contributed by atoms with Gasteiger partial charge in [0.2, 0.25) is 5.91 Å². The fraction of sp³-hybridized carbons (Fsp3) is 0.389. The van der Waals surface area contributed by atoms with Gasteiger partial charge in [-0.25, -0.2) is 9.78 Å². The number of nitrogens with zero attached hydrogens (tertiary/aromatic N) is 3. The molecule has 0 bridgehead atoms. The van der Waals surface area contributed by atoms with E-state index in [-0.39, 0.29) is 24.4 Å². The van der Waals surface area contributed by atoms with E-state index in [1.807, 2.05) is 13.8 Å². The summed E-state index contributed by atoms with van der Waals surface area (Å²) in [6, 6.07) is 0.701. The molecule has 2 rings (SSSR count). The molecule has 4 N–H and O–H groups in total. The second-order valence-corrected chi connectivity index (χ2v) is 7.21. The second kappa shape index (κ2) is 10.1. The third kappa shape index (κ3) is 6.48. The number of hydrogen-bond donors (Lipinski definition) is 4. The minimum Gasteiger partial charge on any atom is -0.480 e. The van der Waals surface area contributed by atoms with E-state index in [1.165, 1.54) is 12.5 Å². The summed E-state index contributed by atoms with van der Waals surface area (Å²) in [5, 5.41) is 36.9. The van der Waals surface area contributed by atoms with Crippen LogP contribution in [0.3, 0.4) is 0 Å². The second-order valence-electron chi connectivity index (χ2n) is 7.21. The Morgan fingerprint density at radius 1 is 1.19 bits per heavy atom. The fourth-order valence-electron chi connectivity index (χ4n) is 2.88. The molecule has 0 fully saturated rings. The van der Waals surface area contributed by atoms with Crippen LogP contribution >= 0.6 is 0 Å². The van der Waals surface area contributed by atoms with Crippen molar-refractivity contribution in [1.82, 2.24) is 15.3 Å². The predicted octanol–water partition coefficient (Wildman–Crippen LogP) is 1.86. The highest BCUT2D eigenvalue weighted by atomic mass is 16.6. The van der Waals surface area contributed by atoms with Crippen LogP contribution in [0.1, 0.15) is 26.0 Å². The van der Waals surface area contributed by atoms with Gasteiger partial charge in [-0.15, -0.1) is 0 Å². The first-order chi connectivity index (χ1) is 14.6. The van der Waals surface area contributed by atoms with Crippen molar-refractivity contribution in [2.45, 2.75) is 38.8 Å². The Balaban J connectivity index is 2.34. The Bertz CT molecular complexity index is 960. The average Bonchev–Trinajstić information content (AvgIpc) is 3.19. The first-order valence-electron chi connectivity index (χ1n) is 9.28. The molecule has 13 nitrogen and oxygen atoms in total. The molecule has 1 aromatic heterocycles. The topological polar surface area (TPSA) is 193 Å². The first-order valence-corrected chi connectivity index (χ1v) is 9.28. The zero-order chi connectivity index (χ0) is 23.1. The molecule has 1 aromatic carbocycles. The van der Waals surface area contributed by atoms with Gasteiger partial charge in [0.05, 0.1) is 27.9 Å². The largest absolute Gasteiger partial charge is 0.480 e. The number of carboxylic acids is 1. The number of imidazole rings is 1. The number of carbonyl (C=O) groups is 2. The van der Waals surface area contributed by atoms with Crippen LogP contribution in [-0.4, -0.2) is 48.9 Å². The lowest BCUT2D eigenvalue weighted by atomic mass is 10.0. The van der Waals surface area contributed by atoms with E-state index in [2.05, 4.69) is 20.6 Å². The molecule has 1 heterocycles. The number of nitro benzene ring substituents is 2. The zero-order valence-corrected chi connectivity index (χ0v) is 16.8. The first kappa shape index (κ1) is 23.3. The highest BCUT2D eigenvalue weighted by Gasteiger charge is 2.29. The average molecular weight is 434 g/mol. The summed E-state index contributed by atoms with van der Waals surface area (Å²) in [4.78, 5) is 51.9. The van der Waals surface area contributed by atoms with Crippen LogP contribution in [0.15, 0.2) is 30.7 Å². The van der Waals surface area contributed by atoms with Gasteiger partial charge in [0, 0.05) is 18.7 Å². The number of H-pyrrole nitrogens is 1. The number of carbonyl (C=O) groups excluding carboxylic acids is 1. The number of nitrogens with one attached hydrogen (secondary N) is 3. The van der Waals surface area contributed by atoms with Gasteiger partial charge in [-0.2, -0.15) is 0 Å². The minimum atomic E-state index is -1.21. The fourth-order valence-corrected chi connectivity index (χ4v) is 2.88. The molecule has 0 aliphatic heterocycles. The van der Waals surface area contributed by atoms with Crippen LogP contribution in [0.5, 0.6) is 0 Å². The molecule has 2 atom stereocenters. The van der Waals surface area contributed by atoms with Crippen molar-refractivity contribution in [1.29, 1.82) is 0 Å². The molecule has 2 unspecified atom stereocenters. The third-order valence-electron chi connectivity index (χ3n) is 4.32. The number of aromatic nitrogens is 2. The molecule has 166 valence electrons. The van der Waals surface area contributed by atoms with Crippen molar-refractivity contribution in [3.8, 4) is 0 Å². The van der Waals surface area contributed by atoms with Crippen molar-refractivity contribution >= 4 is 28.9 Å². The van der Waals surface area contributed by atoms with Gasteiger partial charge in [0.1, 0.15) is 17.8 Å². The van der Waals surface area contributed by atoms with Crippen LogP contribution in [0, 0.1) is 26.1 Å². The van der Waals surface area contributed by atoms with Gasteiger partial charge in [0.15, 0.2) is 0 Å². The van der Waals surface area contributed by atoms with E-state index >= 15 is 0 Å². The third-order valence-corrected chi connectivity index (χ3v) is 4.32. The van der Waals surface area contributed by atoms with Crippen molar-refractivity contribution in [3.05, 3.63) is 56.6 Å². The monoisotopic (exact) mass is 434 g/mol. The van der Waals surface area contributed by atoms with Crippen molar-refractivity contribution in [2.24, 2.45) is 5.92 Å². The van der Waals surface area contributed by atoms with E-state index in [0.29, 0.717) is 5.69 Å². The number of benzene rings is 1. The highest BCUT2D eigenvalue weighted by Crippen LogP contribution is 2.29. The van der Waals surface area contributed by atoms with Crippen LogP contribution in [0.4, 0.5) is 17.1 Å². The lowest BCUT2D eigenvalue weighted by Crippen LogP contribution is -2.49. The minimum absolute atomic E-state index is 0.00471. The Morgan fingerprint density at radius 3 is 2.42 bits per heavy atom.